The molecule has 0 saturated heterocycles. The van der Waals surface area contributed by atoms with Gasteiger partial charge in [-0.2, -0.15) is 13.2 Å². The van der Waals surface area contributed by atoms with Crippen molar-refractivity contribution >= 4 is 50.6 Å². The van der Waals surface area contributed by atoms with Crippen LogP contribution in [0.25, 0.3) is 0 Å². The first-order valence-corrected chi connectivity index (χ1v) is 13.4. The maximum Gasteiger partial charge on any atom is 0.417 e. The van der Waals surface area contributed by atoms with Gasteiger partial charge in [0.15, 0.2) is 0 Å². The second-order valence-corrected chi connectivity index (χ2v) is 11.1. The van der Waals surface area contributed by atoms with Crippen LogP contribution in [-0.2, 0) is 27.5 Å². The number of amides is 2. The van der Waals surface area contributed by atoms with E-state index < -0.39 is 39.4 Å². The van der Waals surface area contributed by atoms with Gasteiger partial charge in [0.25, 0.3) is 15.9 Å². The van der Waals surface area contributed by atoms with Gasteiger partial charge in [0.2, 0.25) is 5.91 Å². The van der Waals surface area contributed by atoms with E-state index in [1.165, 1.54) is 30.3 Å². The zero-order valence-electron chi connectivity index (χ0n) is 19.2. The van der Waals surface area contributed by atoms with Crippen molar-refractivity contribution in [1.82, 2.24) is 20.6 Å². The fraction of sp³-hybridized carbons (Fsp3) is 0.227. The van der Waals surface area contributed by atoms with E-state index in [1.54, 1.807) is 0 Å². The number of halogens is 5. The number of benzene rings is 1. The number of sulfonamides is 1. The molecule has 0 aliphatic carbocycles. The Morgan fingerprint density at radius 1 is 1.11 bits per heavy atom. The van der Waals surface area contributed by atoms with E-state index >= 15 is 0 Å². The maximum absolute atomic E-state index is 13.2. The van der Waals surface area contributed by atoms with Crippen molar-refractivity contribution in [2.45, 2.75) is 29.8 Å². The van der Waals surface area contributed by atoms with Crippen LogP contribution in [0.2, 0.25) is 5.02 Å². The van der Waals surface area contributed by atoms with Crippen LogP contribution in [0.15, 0.2) is 52.9 Å². The second kappa shape index (κ2) is 12.5. The normalized spacial score (nSPS) is 11.7. The van der Waals surface area contributed by atoms with Gasteiger partial charge in [-0.1, -0.05) is 17.7 Å². The molecule has 0 radical (unpaired) electrons. The van der Waals surface area contributed by atoms with E-state index in [4.69, 9.17) is 11.6 Å². The van der Waals surface area contributed by atoms with Gasteiger partial charge in [0, 0.05) is 29.6 Å². The van der Waals surface area contributed by atoms with Crippen LogP contribution in [0.4, 0.5) is 23.4 Å². The Morgan fingerprint density at radius 3 is 2.55 bits per heavy atom. The highest BCUT2D eigenvalue weighted by atomic mass is 35.5. The standard InChI is InChI=1S/C22H20ClF4N5O4S2/c23-17-10-14(22(25,26)27)11-29-20(17)28-8-2-5-18(33)31-32-38(35,36)19-7-6-16(37-19)12-30-21(34)13-3-1-4-15(24)9-13/h1,3-4,6-7,9-11,32H,2,5,8,12H2,(H,28,29)(H,30,34)(H,31,33). The second-order valence-electron chi connectivity index (χ2n) is 7.65. The third-order valence-electron chi connectivity index (χ3n) is 4.78. The van der Waals surface area contributed by atoms with E-state index in [0.717, 1.165) is 23.5 Å². The highest BCUT2D eigenvalue weighted by Gasteiger charge is 2.31. The van der Waals surface area contributed by atoms with E-state index in [9.17, 15) is 35.6 Å². The van der Waals surface area contributed by atoms with Gasteiger partial charge in [-0.15, -0.1) is 16.2 Å². The molecular weight excluding hydrogens is 574 g/mol. The number of rotatable bonds is 11. The summed E-state index contributed by atoms with van der Waals surface area (Å²) >= 11 is 6.66. The van der Waals surface area contributed by atoms with Crippen molar-refractivity contribution in [3.05, 3.63) is 75.5 Å². The molecule has 0 unspecified atom stereocenters. The number of nitrogens with one attached hydrogen (secondary N) is 4. The fourth-order valence-corrected chi connectivity index (χ4v) is 5.30. The summed E-state index contributed by atoms with van der Waals surface area (Å²) < 4.78 is 76.0. The molecule has 0 atom stereocenters. The summed E-state index contributed by atoms with van der Waals surface area (Å²) in [4.78, 5) is 30.2. The number of nitrogens with zero attached hydrogens (tertiary/aromatic N) is 1. The SMILES string of the molecule is O=C(CCCNc1ncc(C(F)(F)F)cc1Cl)NNS(=O)(=O)c1ccc(CNC(=O)c2cccc(F)c2)s1. The molecule has 2 aromatic heterocycles. The molecule has 3 aromatic rings. The molecule has 3 rings (SSSR count). The lowest BCUT2D eigenvalue weighted by Gasteiger charge is -2.11. The Hall–Kier alpha value is -3.27. The molecule has 2 amide bonds. The molecule has 1 aromatic carbocycles. The Labute approximate surface area is 223 Å². The van der Waals surface area contributed by atoms with Gasteiger partial charge in [-0.3, -0.25) is 15.0 Å². The number of pyridine rings is 1. The zero-order valence-corrected chi connectivity index (χ0v) is 21.6. The number of thiophene rings is 1. The molecule has 0 aliphatic heterocycles. The van der Waals surface area contributed by atoms with Crippen LogP contribution in [-0.4, -0.2) is 31.8 Å². The van der Waals surface area contributed by atoms with Crippen molar-refractivity contribution in [2.75, 3.05) is 11.9 Å². The van der Waals surface area contributed by atoms with Gasteiger partial charge in [-0.25, -0.2) is 17.8 Å². The summed E-state index contributed by atoms with van der Waals surface area (Å²) in [6.07, 6.45) is -3.87. The van der Waals surface area contributed by atoms with E-state index in [-0.39, 0.29) is 46.5 Å². The monoisotopic (exact) mass is 593 g/mol. The number of alkyl halides is 3. The van der Waals surface area contributed by atoms with Crippen LogP contribution >= 0.6 is 22.9 Å². The molecule has 0 aliphatic rings. The molecule has 0 bridgehead atoms. The summed E-state index contributed by atoms with van der Waals surface area (Å²) in [5.41, 5.74) is 1.20. The summed E-state index contributed by atoms with van der Waals surface area (Å²) in [5.74, 6) is -1.73. The van der Waals surface area contributed by atoms with E-state index in [1.807, 2.05) is 4.83 Å². The smallest absolute Gasteiger partial charge is 0.369 e. The minimum Gasteiger partial charge on any atom is -0.369 e. The van der Waals surface area contributed by atoms with Gasteiger partial charge >= 0.3 is 6.18 Å². The van der Waals surface area contributed by atoms with Crippen molar-refractivity contribution in [2.24, 2.45) is 0 Å². The van der Waals surface area contributed by atoms with Gasteiger partial charge in [-0.05, 0) is 42.8 Å². The Morgan fingerprint density at radius 2 is 1.87 bits per heavy atom. The number of aromatic nitrogens is 1. The predicted octanol–water partition coefficient (Wildman–Crippen LogP) is 4.09. The average Bonchev–Trinajstić information content (AvgIpc) is 3.34. The predicted molar refractivity (Wildman–Crippen MR) is 132 cm³/mol. The molecular formula is C22H20ClF4N5O4S2. The molecule has 4 N–H and O–H groups in total. The third-order valence-corrected chi connectivity index (χ3v) is 7.89. The summed E-state index contributed by atoms with van der Waals surface area (Å²) in [6, 6.07) is 8.61. The number of anilines is 1. The number of hydrogen-bond acceptors (Lipinski definition) is 7. The summed E-state index contributed by atoms with van der Waals surface area (Å²) in [6.45, 7) is 0.139. The highest BCUT2D eigenvalue weighted by Crippen LogP contribution is 2.32. The number of carbonyl (C=O) groups is 2. The fourth-order valence-electron chi connectivity index (χ4n) is 2.91. The number of hydrogen-bond donors (Lipinski definition) is 4. The molecule has 0 spiro atoms. The van der Waals surface area contributed by atoms with Gasteiger partial charge in [0.05, 0.1) is 17.1 Å². The first kappa shape index (κ1) is 29.3. The number of carbonyl (C=O) groups excluding carboxylic acids is 2. The number of hydrazine groups is 1. The minimum absolute atomic E-state index is 0.00665. The lowest BCUT2D eigenvalue weighted by Crippen LogP contribution is -2.41. The Balaban J connectivity index is 1.41. The van der Waals surface area contributed by atoms with E-state index in [2.05, 4.69) is 21.0 Å². The minimum atomic E-state index is -4.58. The maximum atomic E-state index is 13.2. The largest absolute Gasteiger partial charge is 0.417 e. The van der Waals surface area contributed by atoms with Gasteiger partial charge < -0.3 is 10.6 Å². The van der Waals surface area contributed by atoms with Crippen LogP contribution in [0.5, 0.6) is 0 Å². The average molecular weight is 594 g/mol. The molecule has 9 nitrogen and oxygen atoms in total. The highest BCUT2D eigenvalue weighted by molar-refractivity contribution is 7.91. The first-order valence-electron chi connectivity index (χ1n) is 10.7. The molecule has 38 heavy (non-hydrogen) atoms. The van der Waals surface area contributed by atoms with Crippen LogP contribution in [0, 0.1) is 5.82 Å². The van der Waals surface area contributed by atoms with Crippen LogP contribution < -0.4 is 20.9 Å². The quantitative estimate of drug-likeness (QED) is 0.151. The summed E-state index contributed by atoms with van der Waals surface area (Å²) in [7, 11) is -4.09. The molecule has 0 saturated carbocycles. The molecule has 16 heteroatoms. The third kappa shape index (κ3) is 8.37. The summed E-state index contributed by atoms with van der Waals surface area (Å²) in [5, 5.41) is 5.03. The zero-order chi connectivity index (χ0) is 27.9. The lowest BCUT2D eigenvalue weighted by molar-refractivity contribution is -0.137. The Bertz CT molecular complexity index is 1420. The lowest BCUT2D eigenvalue weighted by atomic mass is 10.2. The van der Waals surface area contributed by atoms with E-state index in [0.29, 0.717) is 11.1 Å². The first-order chi connectivity index (χ1) is 17.8. The van der Waals surface area contributed by atoms with Crippen molar-refractivity contribution in [1.29, 1.82) is 0 Å². The molecule has 204 valence electrons. The van der Waals surface area contributed by atoms with Crippen molar-refractivity contribution in [3.8, 4) is 0 Å². The van der Waals surface area contributed by atoms with Crippen molar-refractivity contribution in [3.63, 3.8) is 0 Å². The Kier molecular flexibility index (Phi) is 9.65. The molecule has 2 heterocycles. The van der Waals surface area contributed by atoms with Crippen molar-refractivity contribution < 1.29 is 35.6 Å². The van der Waals surface area contributed by atoms with Crippen LogP contribution in [0.3, 0.4) is 0 Å². The van der Waals surface area contributed by atoms with Crippen LogP contribution in [0.1, 0.15) is 33.6 Å². The topological polar surface area (TPSA) is 129 Å². The van der Waals surface area contributed by atoms with Gasteiger partial charge in [0.1, 0.15) is 15.8 Å². The molecule has 0 fully saturated rings.